The molecular weight excluding hydrogens is 244 g/mol. The maximum Gasteiger partial charge on any atom is 0.234 e. The zero-order chi connectivity index (χ0) is 13.7. The van der Waals surface area contributed by atoms with Gasteiger partial charge < -0.3 is 14.8 Å². The summed E-state index contributed by atoms with van der Waals surface area (Å²) < 4.78 is 5.21. The molecule has 1 fully saturated rings. The maximum atomic E-state index is 11.6. The van der Waals surface area contributed by atoms with Gasteiger partial charge >= 0.3 is 0 Å². The van der Waals surface area contributed by atoms with Crippen LogP contribution in [0.3, 0.4) is 0 Å². The van der Waals surface area contributed by atoms with Crippen molar-refractivity contribution in [2.75, 3.05) is 19.6 Å². The Hall–Kier alpha value is -1.33. The molecule has 106 valence electrons. The number of aliphatic hydroxyl groups is 1. The first kappa shape index (κ1) is 14.1. The molecule has 1 aliphatic rings. The topological polar surface area (TPSA) is 65.7 Å². The number of carbonyl (C=O) groups excluding carboxylic acids is 1. The second-order valence-electron chi connectivity index (χ2n) is 4.99. The number of amides is 1. The molecule has 0 bridgehead atoms. The van der Waals surface area contributed by atoms with E-state index in [2.05, 4.69) is 10.2 Å². The lowest BCUT2D eigenvalue weighted by Crippen LogP contribution is -2.40. The third-order valence-corrected chi connectivity index (χ3v) is 3.59. The molecule has 2 unspecified atom stereocenters. The molecule has 1 aromatic heterocycles. The fourth-order valence-electron chi connectivity index (χ4n) is 2.66. The van der Waals surface area contributed by atoms with Crippen molar-refractivity contribution in [1.82, 2.24) is 10.2 Å². The Bertz CT molecular complexity index is 391. The Morgan fingerprint density at radius 2 is 2.53 bits per heavy atom. The summed E-state index contributed by atoms with van der Waals surface area (Å²) in [6.07, 6.45) is 3.70. The van der Waals surface area contributed by atoms with Crippen LogP contribution in [0.15, 0.2) is 22.8 Å². The molecule has 0 saturated carbocycles. The first-order chi connectivity index (χ1) is 9.20. The van der Waals surface area contributed by atoms with E-state index in [1.165, 1.54) is 0 Å². The fraction of sp³-hybridized carbons (Fsp3) is 0.643. The molecule has 5 nitrogen and oxygen atoms in total. The average Bonchev–Trinajstić information content (AvgIpc) is 3.01. The Morgan fingerprint density at radius 3 is 3.21 bits per heavy atom. The minimum absolute atomic E-state index is 0.0573. The molecule has 1 amide bonds. The lowest BCUT2D eigenvalue weighted by atomic mass is 10.1. The number of likely N-dealkylation sites (N-methyl/N-ethyl adjacent to an activating group) is 1. The van der Waals surface area contributed by atoms with E-state index in [1.54, 1.807) is 18.4 Å². The summed E-state index contributed by atoms with van der Waals surface area (Å²) in [4.78, 5) is 13.8. The van der Waals surface area contributed by atoms with Gasteiger partial charge in [0.05, 0.1) is 12.8 Å². The zero-order valence-corrected chi connectivity index (χ0v) is 11.3. The molecule has 2 N–H and O–H groups in total. The molecule has 0 radical (unpaired) electrons. The monoisotopic (exact) mass is 266 g/mol. The van der Waals surface area contributed by atoms with Gasteiger partial charge in [-0.05, 0) is 44.9 Å². The Morgan fingerprint density at radius 1 is 1.68 bits per heavy atom. The Kier molecular flexibility index (Phi) is 4.99. The third kappa shape index (κ3) is 3.81. The molecular formula is C14H22N2O3. The van der Waals surface area contributed by atoms with E-state index in [9.17, 15) is 9.90 Å². The summed E-state index contributed by atoms with van der Waals surface area (Å²) in [7, 11) is 0. The predicted molar refractivity (Wildman–Crippen MR) is 71.6 cm³/mol. The van der Waals surface area contributed by atoms with Gasteiger partial charge in [-0.2, -0.15) is 0 Å². The van der Waals surface area contributed by atoms with E-state index >= 15 is 0 Å². The normalized spacial score (nSPS) is 21.5. The van der Waals surface area contributed by atoms with Gasteiger partial charge in [-0.1, -0.05) is 0 Å². The van der Waals surface area contributed by atoms with Gasteiger partial charge in [-0.15, -0.1) is 0 Å². The third-order valence-electron chi connectivity index (χ3n) is 3.59. The van der Waals surface area contributed by atoms with Crippen molar-refractivity contribution in [3.63, 3.8) is 0 Å². The van der Waals surface area contributed by atoms with Crippen LogP contribution in [0.2, 0.25) is 0 Å². The number of aliphatic hydroxyl groups excluding tert-OH is 1. The number of hydrogen-bond acceptors (Lipinski definition) is 4. The molecule has 2 rings (SSSR count). The van der Waals surface area contributed by atoms with Gasteiger partial charge in [0.2, 0.25) is 5.91 Å². The standard InChI is InChI=1S/C14H22N2O3/c1-2-15-14(18)10-16-7-3-5-11(16)9-12(17)13-6-4-8-19-13/h4,6,8,11-12,17H,2-3,5,7,9-10H2,1H3,(H,15,18). The van der Waals surface area contributed by atoms with Crippen LogP contribution in [-0.2, 0) is 4.79 Å². The first-order valence-corrected chi connectivity index (χ1v) is 6.93. The van der Waals surface area contributed by atoms with Gasteiger partial charge in [0.1, 0.15) is 11.9 Å². The SMILES string of the molecule is CCNC(=O)CN1CCCC1CC(O)c1ccco1. The van der Waals surface area contributed by atoms with Gasteiger partial charge in [0.15, 0.2) is 0 Å². The molecule has 5 heteroatoms. The lowest BCUT2D eigenvalue weighted by molar-refractivity contribution is -0.122. The number of furan rings is 1. The van der Waals surface area contributed by atoms with Crippen LogP contribution in [0.1, 0.15) is 38.1 Å². The summed E-state index contributed by atoms with van der Waals surface area (Å²) in [5, 5.41) is 12.9. The van der Waals surface area contributed by atoms with Crippen molar-refractivity contribution in [1.29, 1.82) is 0 Å². The van der Waals surface area contributed by atoms with Gasteiger partial charge in [0, 0.05) is 12.6 Å². The molecule has 0 aliphatic carbocycles. The van der Waals surface area contributed by atoms with E-state index in [4.69, 9.17) is 4.42 Å². The molecule has 0 aromatic carbocycles. The van der Waals surface area contributed by atoms with Crippen LogP contribution in [0.5, 0.6) is 0 Å². The van der Waals surface area contributed by atoms with Crippen LogP contribution in [0.4, 0.5) is 0 Å². The van der Waals surface area contributed by atoms with Crippen molar-refractivity contribution < 1.29 is 14.3 Å². The van der Waals surface area contributed by atoms with Crippen LogP contribution in [0.25, 0.3) is 0 Å². The zero-order valence-electron chi connectivity index (χ0n) is 11.3. The van der Waals surface area contributed by atoms with E-state index in [0.29, 0.717) is 25.3 Å². The van der Waals surface area contributed by atoms with Crippen LogP contribution in [0, 0.1) is 0 Å². The minimum atomic E-state index is -0.588. The van der Waals surface area contributed by atoms with Crippen molar-refractivity contribution in [2.24, 2.45) is 0 Å². The molecule has 2 heterocycles. The van der Waals surface area contributed by atoms with Gasteiger partial charge in [-0.25, -0.2) is 0 Å². The maximum absolute atomic E-state index is 11.6. The molecule has 2 atom stereocenters. The minimum Gasteiger partial charge on any atom is -0.467 e. The highest BCUT2D eigenvalue weighted by Crippen LogP contribution is 2.27. The van der Waals surface area contributed by atoms with Crippen LogP contribution < -0.4 is 5.32 Å². The highest BCUT2D eigenvalue weighted by Gasteiger charge is 2.29. The number of nitrogens with one attached hydrogen (secondary N) is 1. The summed E-state index contributed by atoms with van der Waals surface area (Å²) in [6, 6.07) is 3.82. The summed E-state index contributed by atoms with van der Waals surface area (Å²) in [5.74, 6) is 0.659. The average molecular weight is 266 g/mol. The molecule has 1 aliphatic heterocycles. The van der Waals surface area contributed by atoms with Crippen molar-refractivity contribution in [2.45, 2.75) is 38.3 Å². The summed E-state index contributed by atoms with van der Waals surface area (Å²) in [5.41, 5.74) is 0. The van der Waals surface area contributed by atoms with Crippen LogP contribution in [-0.4, -0.2) is 41.6 Å². The highest BCUT2D eigenvalue weighted by molar-refractivity contribution is 5.78. The Balaban J connectivity index is 1.86. The largest absolute Gasteiger partial charge is 0.467 e. The highest BCUT2D eigenvalue weighted by atomic mass is 16.4. The number of hydrogen-bond donors (Lipinski definition) is 2. The number of rotatable bonds is 6. The number of carbonyl (C=O) groups is 1. The summed E-state index contributed by atoms with van der Waals surface area (Å²) >= 11 is 0. The first-order valence-electron chi connectivity index (χ1n) is 6.93. The van der Waals surface area contributed by atoms with E-state index in [0.717, 1.165) is 19.4 Å². The van der Waals surface area contributed by atoms with E-state index in [1.807, 2.05) is 6.92 Å². The second-order valence-corrected chi connectivity index (χ2v) is 4.99. The van der Waals surface area contributed by atoms with Gasteiger partial charge in [0.25, 0.3) is 0 Å². The fourth-order valence-corrected chi connectivity index (χ4v) is 2.66. The Labute approximate surface area is 113 Å². The lowest BCUT2D eigenvalue weighted by Gasteiger charge is -2.25. The van der Waals surface area contributed by atoms with Crippen LogP contribution >= 0.6 is 0 Å². The predicted octanol–water partition coefficient (Wildman–Crippen LogP) is 1.30. The molecule has 1 aromatic rings. The quantitative estimate of drug-likeness (QED) is 0.814. The number of nitrogens with zero attached hydrogens (tertiary/aromatic N) is 1. The molecule has 0 spiro atoms. The second kappa shape index (κ2) is 6.73. The molecule has 19 heavy (non-hydrogen) atoms. The smallest absolute Gasteiger partial charge is 0.234 e. The van der Waals surface area contributed by atoms with E-state index in [-0.39, 0.29) is 11.9 Å². The number of likely N-dealkylation sites (tertiary alicyclic amines) is 1. The molecule has 1 saturated heterocycles. The van der Waals surface area contributed by atoms with Crippen molar-refractivity contribution in [3.05, 3.63) is 24.2 Å². The van der Waals surface area contributed by atoms with E-state index < -0.39 is 6.10 Å². The van der Waals surface area contributed by atoms with Crippen molar-refractivity contribution in [3.8, 4) is 0 Å². The van der Waals surface area contributed by atoms with Gasteiger partial charge in [-0.3, -0.25) is 9.69 Å². The van der Waals surface area contributed by atoms with Crippen molar-refractivity contribution >= 4 is 5.91 Å². The summed E-state index contributed by atoms with van der Waals surface area (Å²) in [6.45, 7) is 3.92.